The van der Waals surface area contributed by atoms with Crippen LogP contribution in [0.15, 0.2) is 36.4 Å². The van der Waals surface area contributed by atoms with Gasteiger partial charge in [-0.2, -0.15) is 0 Å². The van der Waals surface area contributed by atoms with Crippen molar-refractivity contribution in [1.29, 1.82) is 0 Å². The molecule has 0 radical (unpaired) electrons. The van der Waals surface area contributed by atoms with Gasteiger partial charge in [-0.05, 0) is 83.5 Å². The topological polar surface area (TPSA) is 68.3 Å². The molecule has 2 aliphatic rings. The van der Waals surface area contributed by atoms with Crippen LogP contribution in [-0.4, -0.2) is 5.78 Å². The Morgan fingerprint density at radius 3 is 1.90 bits per heavy atom. The Kier molecular flexibility index (Phi) is 8.76. The van der Waals surface area contributed by atoms with E-state index in [1.807, 2.05) is 18.2 Å². The Morgan fingerprint density at radius 1 is 0.774 bits per heavy atom. The molecule has 2 aromatic carbocycles. The van der Waals surface area contributed by atoms with Gasteiger partial charge in [0.15, 0.2) is 5.78 Å². The fourth-order valence-corrected chi connectivity index (χ4v) is 4.61. The third-order valence-corrected chi connectivity index (χ3v) is 6.51. The summed E-state index contributed by atoms with van der Waals surface area (Å²) in [6.07, 6.45) is 5.37. The zero-order valence-corrected chi connectivity index (χ0v) is 21.1. The summed E-state index contributed by atoms with van der Waals surface area (Å²) in [5, 5.41) is 1.58. The second kappa shape index (κ2) is 10.5. The van der Waals surface area contributed by atoms with Crippen molar-refractivity contribution in [3.63, 3.8) is 0 Å². The number of halogens is 2. The van der Waals surface area contributed by atoms with E-state index in [1.165, 1.54) is 30.4 Å². The third kappa shape index (κ3) is 7.06. The van der Waals surface area contributed by atoms with Crippen LogP contribution in [0.5, 0.6) is 0 Å². The zero-order chi connectivity index (χ0) is 23.4. The van der Waals surface area contributed by atoms with Gasteiger partial charge < -0.3 is 0 Å². The van der Waals surface area contributed by atoms with E-state index in [0.717, 1.165) is 22.6 Å². The normalized spacial score (nSPS) is 17.7. The summed E-state index contributed by atoms with van der Waals surface area (Å²) in [5.41, 5.74) is 5.28. The predicted molar refractivity (Wildman–Crippen MR) is 118 cm³/mol. The maximum absolute atomic E-state index is 11.6. The first-order valence-corrected chi connectivity index (χ1v) is 12.5. The molecule has 0 atom stereocenters. The number of fused-ring (bicyclic) bond motifs is 2. The van der Waals surface area contributed by atoms with Crippen LogP contribution in [-0.2, 0) is 42.6 Å². The first kappa shape index (κ1) is 25.9. The van der Waals surface area contributed by atoms with Gasteiger partial charge in [-0.3, -0.25) is 4.79 Å². The number of hydrogen-bond acceptors (Lipinski definition) is 4. The van der Waals surface area contributed by atoms with Crippen LogP contribution in [0, 0.1) is 0 Å². The summed E-state index contributed by atoms with van der Waals surface area (Å²) < 4.78 is 25.6. The van der Waals surface area contributed by atoms with E-state index < -0.39 is 14.0 Å². The van der Waals surface area contributed by atoms with E-state index in [4.69, 9.17) is 34.6 Å². The van der Waals surface area contributed by atoms with E-state index in [0.29, 0.717) is 16.9 Å². The van der Waals surface area contributed by atoms with Gasteiger partial charge in [0.1, 0.15) is 0 Å². The molecular formula is C24H28Cl2CrO4. The molecule has 0 fully saturated rings. The van der Waals surface area contributed by atoms with Gasteiger partial charge in [-0.25, -0.2) is 0 Å². The van der Waals surface area contributed by atoms with Crippen LogP contribution in [0.1, 0.15) is 80.4 Å². The molecule has 2 aromatic rings. The molecule has 0 saturated heterocycles. The fraction of sp³-hybridized carbons (Fsp3) is 0.458. The van der Waals surface area contributed by atoms with Crippen molar-refractivity contribution < 1.29 is 30.2 Å². The summed E-state index contributed by atoms with van der Waals surface area (Å²) in [6, 6.07) is 11.9. The quantitative estimate of drug-likeness (QED) is 0.382. The molecule has 0 aromatic heterocycles. The van der Waals surface area contributed by atoms with Crippen molar-refractivity contribution in [1.82, 2.24) is 0 Å². The number of hydrogen-bond donors (Lipinski definition) is 0. The van der Waals surface area contributed by atoms with Crippen molar-refractivity contribution >= 4 is 29.0 Å². The van der Waals surface area contributed by atoms with Crippen LogP contribution >= 0.6 is 23.2 Å². The van der Waals surface area contributed by atoms with Crippen LogP contribution < -0.4 is 0 Å². The monoisotopic (exact) mass is 502 g/mol. The molecule has 0 spiro atoms. The molecule has 0 aliphatic heterocycles. The Morgan fingerprint density at radius 2 is 1.29 bits per heavy atom. The molecule has 31 heavy (non-hydrogen) atoms. The molecule has 7 heteroatoms. The number of carbonyl (C=O) groups is 1. The molecule has 0 saturated carbocycles. The summed E-state index contributed by atoms with van der Waals surface area (Å²) in [4.78, 5) is 11.6. The van der Waals surface area contributed by atoms with Crippen molar-refractivity contribution in [3.05, 3.63) is 68.7 Å². The summed E-state index contributed by atoms with van der Waals surface area (Å²) in [6.45, 7) is 8.94. The van der Waals surface area contributed by atoms with Gasteiger partial charge in [0, 0.05) is 22.0 Å². The molecule has 0 unspecified atom stereocenters. The van der Waals surface area contributed by atoms with Gasteiger partial charge in [-0.15, -0.1) is 0 Å². The van der Waals surface area contributed by atoms with Gasteiger partial charge >= 0.3 is 25.4 Å². The molecule has 2 aliphatic carbocycles. The number of rotatable bonds is 0. The molecular weight excluding hydrogens is 475 g/mol. The SMILES string of the molecule is CC1(C)CCC(=O)c2ccc(Cl)cc21.CC1(C)CCCc2ccc(Cl)cc21.[O]=[Cr](=[O])=[O]. The Balaban J connectivity index is 0.000000189. The average Bonchev–Trinajstić information content (AvgIpc) is 2.66. The van der Waals surface area contributed by atoms with Crippen LogP contribution in [0.3, 0.4) is 0 Å². The molecule has 0 heterocycles. The molecule has 4 rings (SSSR count). The molecule has 0 amide bonds. The average molecular weight is 503 g/mol. The first-order chi connectivity index (χ1) is 14.3. The third-order valence-electron chi connectivity index (χ3n) is 6.04. The van der Waals surface area contributed by atoms with Crippen LogP contribution in [0.2, 0.25) is 10.0 Å². The Labute approximate surface area is 198 Å². The van der Waals surface area contributed by atoms with Crippen molar-refractivity contribution in [2.75, 3.05) is 0 Å². The number of carbonyl (C=O) groups excluding carboxylic acids is 1. The Hall–Kier alpha value is -1.38. The number of Topliss-reactive ketones (excluding diaryl/α,β-unsaturated/α-hetero) is 1. The van der Waals surface area contributed by atoms with Crippen LogP contribution in [0.4, 0.5) is 0 Å². The van der Waals surface area contributed by atoms with Crippen molar-refractivity contribution in [2.24, 2.45) is 0 Å². The second-order valence-corrected chi connectivity index (χ2v) is 10.8. The molecule has 4 nitrogen and oxygen atoms in total. The van der Waals surface area contributed by atoms with E-state index >= 15 is 0 Å². The van der Waals surface area contributed by atoms with E-state index in [2.05, 4.69) is 39.8 Å². The van der Waals surface area contributed by atoms with Gasteiger partial charge in [-0.1, -0.05) is 57.0 Å². The molecule has 0 bridgehead atoms. The van der Waals surface area contributed by atoms with Gasteiger partial charge in [0.05, 0.1) is 0 Å². The van der Waals surface area contributed by atoms with E-state index in [-0.39, 0.29) is 11.2 Å². The first-order valence-electron chi connectivity index (χ1n) is 10.2. The fourth-order valence-electron chi connectivity index (χ4n) is 4.27. The van der Waals surface area contributed by atoms with Crippen molar-refractivity contribution in [3.8, 4) is 0 Å². The molecule has 0 N–H and O–H groups in total. The van der Waals surface area contributed by atoms with Gasteiger partial charge in [0.2, 0.25) is 0 Å². The van der Waals surface area contributed by atoms with Gasteiger partial charge in [0.25, 0.3) is 0 Å². The summed E-state index contributed by atoms with van der Waals surface area (Å²) in [5.74, 6) is 0.246. The number of benzene rings is 2. The minimum absolute atomic E-state index is 0.0775. The number of aryl methyl sites for hydroxylation is 1. The summed E-state index contributed by atoms with van der Waals surface area (Å²) >= 11 is 8.15. The minimum atomic E-state index is -3.79. The maximum atomic E-state index is 11.6. The van der Waals surface area contributed by atoms with Crippen molar-refractivity contribution in [2.45, 2.75) is 70.6 Å². The van der Waals surface area contributed by atoms with Crippen LogP contribution in [0.25, 0.3) is 0 Å². The number of ketones is 1. The standard InChI is InChI=1S/C12H13ClO.C12H15Cl.Cr.3O/c1-12(2)6-5-11(14)9-4-3-8(13)7-10(9)12;1-12(2)7-3-4-9-5-6-10(13)8-11(9)12;;;;/h3-4,7H,5-6H2,1-2H3;5-6,8H,3-4,7H2,1-2H3;;;;. The van der Waals surface area contributed by atoms with E-state index in [9.17, 15) is 4.79 Å². The van der Waals surface area contributed by atoms with E-state index in [1.54, 1.807) is 6.07 Å². The zero-order valence-electron chi connectivity index (χ0n) is 18.3. The second-order valence-electron chi connectivity index (χ2n) is 9.24. The Bertz CT molecular complexity index is 1070. The molecule has 168 valence electrons. The predicted octanol–water partition coefficient (Wildman–Crippen LogP) is 7.19. The summed E-state index contributed by atoms with van der Waals surface area (Å²) in [7, 11) is 0.